The summed E-state index contributed by atoms with van der Waals surface area (Å²) in [6, 6.07) is 18.9. The fourth-order valence-corrected chi connectivity index (χ4v) is 4.84. The number of amides is 1. The summed E-state index contributed by atoms with van der Waals surface area (Å²) in [5.41, 5.74) is 6.23. The summed E-state index contributed by atoms with van der Waals surface area (Å²) in [5, 5.41) is 4.44. The van der Waals surface area contributed by atoms with Crippen LogP contribution in [-0.4, -0.2) is 27.1 Å². The number of nitrogens with zero attached hydrogens (tertiary/aromatic N) is 2. The third-order valence-electron chi connectivity index (χ3n) is 4.77. The second kappa shape index (κ2) is 9.97. The molecule has 0 atom stereocenters. The van der Waals surface area contributed by atoms with Crippen molar-refractivity contribution in [1.29, 1.82) is 0 Å². The number of halogens is 1. The van der Waals surface area contributed by atoms with Crippen LogP contribution in [0.5, 0.6) is 0 Å². The molecule has 166 valence electrons. The molecule has 0 spiro atoms. The third-order valence-corrected chi connectivity index (χ3v) is 6.78. The molecule has 0 aliphatic carbocycles. The number of hydrazone groups is 1. The van der Waals surface area contributed by atoms with E-state index in [0.29, 0.717) is 16.3 Å². The van der Waals surface area contributed by atoms with E-state index in [1.54, 1.807) is 37.3 Å². The lowest BCUT2D eigenvalue weighted by Crippen LogP contribution is -2.40. The molecule has 1 N–H and O–H groups in total. The molecule has 0 heterocycles. The maximum absolute atomic E-state index is 13.4. The minimum Gasteiger partial charge on any atom is -0.271 e. The Morgan fingerprint density at radius 1 is 1.00 bits per heavy atom. The van der Waals surface area contributed by atoms with Gasteiger partial charge < -0.3 is 0 Å². The molecule has 0 aliphatic rings. The second-order valence-corrected chi connectivity index (χ2v) is 9.76. The van der Waals surface area contributed by atoms with Crippen LogP contribution in [0.3, 0.4) is 0 Å². The third kappa shape index (κ3) is 5.75. The molecular formula is C24H24ClN3O3S. The fourth-order valence-electron chi connectivity index (χ4n) is 3.13. The van der Waals surface area contributed by atoms with Crippen LogP contribution in [0, 0.1) is 20.8 Å². The second-order valence-electron chi connectivity index (χ2n) is 7.46. The maximum Gasteiger partial charge on any atom is 0.264 e. The van der Waals surface area contributed by atoms with E-state index in [2.05, 4.69) is 10.5 Å². The standard InChI is InChI=1S/C24H24ClN3O3S/c1-17-7-10-22(11-8-17)32(30,31)28(23-12-9-21(25)14-19(23)3)16-24(29)27-26-15-20-6-4-5-18(2)13-20/h4-15H,16H2,1-3H3,(H,27,29)/b26-15+. The number of benzene rings is 3. The van der Waals surface area contributed by atoms with Crippen LogP contribution in [0.25, 0.3) is 0 Å². The van der Waals surface area contributed by atoms with Gasteiger partial charge in [0.2, 0.25) is 0 Å². The molecule has 3 aromatic carbocycles. The normalized spacial score (nSPS) is 11.5. The zero-order chi connectivity index (χ0) is 23.3. The number of nitrogens with one attached hydrogen (secondary N) is 1. The Hall–Kier alpha value is -3.16. The number of hydrogen-bond donors (Lipinski definition) is 1. The lowest BCUT2D eigenvalue weighted by Gasteiger charge is -2.25. The smallest absolute Gasteiger partial charge is 0.264 e. The molecule has 0 unspecified atom stereocenters. The van der Waals surface area contributed by atoms with Gasteiger partial charge >= 0.3 is 0 Å². The minimum atomic E-state index is -4.01. The first-order valence-electron chi connectivity index (χ1n) is 9.91. The van der Waals surface area contributed by atoms with Crippen LogP contribution in [0.15, 0.2) is 76.7 Å². The minimum absolute atomic E-state index is 0.0912. The zero-order valence-electron chi connectivity index (χ0n) is 18.0. The Morgan fingerprint density at radius 3 is 2.38 bits per heavy atom. The Balaban J connectivity index is 1.88. The van der Waals surface area contributed by atoms with Gasteiger partial charge in [0.15, 0.2) is 0 Å². The van der Waals surface area contributed by atoms with E-state index in [1.807, 2.05) is 38.1 Å². The van der Waals surface area contributed by atoms with Gasteiger partial charge in [-0.05, 0) is 62.2 Å². The Kier molecular flexibility index (Phi) is 7.33. The van der Waals surface area contributed by atoms with E-state index < -0.39 is 22.5 Å². The molecule has 0 bridgehead atoms. The highest BCUT2D eigenvalue weighted by Crippen LogP contribution is 2.29. The van der Waals surface area contributed by atoms with Gasteiger partial charge in [-0.25, -0.2) is 13.8 Å². The molecule has 0 fully saturated rings. The van der Waals surface area contributed by atoms with Crippen LogP contribution in [0.2, 0.25) is 5.02 Å². The van der Waals surface area contributed by atoms with Crippen molar-refractivity contribution in [3.63, 3.8) is 0 Å². The number of sulfonamides is 1. The molecule has 8 heteroatoms. The molecule has 0 radical (unpaired) electrons. The maximum atomic E-state index is 13.4. The highest BCUT2D eigenvalue weighted by Gasteiger charge is 2.28. The monoisotopic (exact) mass is 469 g/mol. The van der Waals surface area contributed by atoms with E-state index in [1.165, 1.54) is 18.3 Å². The van der Waals surface area contributed by atoms with Crippen molar-refractivity contribution in [1.82, 2.24) is 5.43 Å². The highest BCUT2D eigenvalue weighted by molar-refractivity contribution is 7.92. The molecule has 32 heavy (non-hydrogen) atoms. The molecule has 6 nitrogen and oxygen atoms in total. The van der Waals surface area contributed by atoms with Crippen molar-refractivity contribution in [2.75, 3.05) is 10.8 Å². The summed E-state index contributed by atoms with van der Waals surface area (Å²) in [5.74, 6) is -0.570. The largest absolute Gasteiger partial charge is 0.271 e. The van der Waals surface area contributed by atoms with Crippen LogP contribution >= 0.6 is 11.6 Å². The lowest BCUT2D eigenvalue weighted by molar-refractivity contribution is -0.119. The van der Waals surface area contributed by atoms with E-state index in [9.17, 15) is 13.2 Å². The summed E-state index contributed by atoms with van der Waals surface area (Å²) in [7, 11) is -4.01. The Bertz CT molecular complexity index is 1260. The number of anilines is 1. The molecule has 0 aliphatic heterocycles. The van der Waals surface area contributed by atoms with Crippen molar-refractivity contribution in [3.05, 3.63) is 94.0 Å². The van der Waals surface area contributed by atoms with Crippen molar-refractivity contribution < 1.29 is 13.2 Å². The zero-order valence-corrected chi connectivity index (χ0v) is 19.6. The molecule has 0 aromatic heterocycles. The summed E-state index contributed by atoms with van der Waals surface area (Å²) in [6.45, 7) is 5.13. The van der Waals surface area contributed by atoms with Gasteiger partial charge in [0.25, 0.3) is 15.9 Å². The number of rotatable bonds is 7. The van der Waals surface area contributed by atoms with Crippen LogP contribution in [-0.2, 0) is 14.8 Å². The van der Waals surface area contributed by atoms with E-state index in [4.69, 9.17) is 11.6 Å². The van der Waals surface area contributed by atoms with Crippen molar-refractivity contribution in [2.45, 2.75) is 25.7 Å². The predicted octanol–water partition coefficient (Wildman–Crippen LogP) is 4.61. The van der Waals surface area contributed by atoms with Gasteiger partial charge in [-0.3, -0.25) is 9.10 Å². The van der Waals surface area contributed by atoms with Crippen LogP contribution in [0.1, 0.15) is 22.3 Å². The van der Waals surface area contributed by atoms with E-state index in [-0.39, 0.29) is 4.90 Å². The van der Waals surface area contributed by atoms with Gasteiger partial charge in [0.1, 0.15) is 6.54 Å². The summed E-state index contributed by atoms with van der Waals surface area (Å²) in [6.07, 6.45) is 1.51. The predicted molar refractivity (Wildman–Crippen MR) is 129 cm³/mol. The van der Waals surface area contributed by atoms with Crippen LogP contribution in [0.4, 0.5) is 5.69 Å². The summed E-state index contributed by atoms with van der Waals surface area (Å²) in [4.78, 5) is 12.7. The van der Waals surface area contributed by atoms with E-state index >= 15 is 0 Å². The average molecular weight is 470 g/mol. The fraction of sp³-hybridized carbons (Fsp3) is 0.167. The number of carbonyl (C=O) groups is 1. The first-order chi connectivity index (χ1) is 15.2. The highest BCUT2D eigenvalue weighted by atomic mass is 35.5. The number of hydrogen-bond acceptors (Lipinski definition) is 4. The topological polar surface area (TPSA) is 78.8 Å². The average Bonchev–Trinajstić information content (AvgIpc) is 2.73. The number of carbonyl (C=O) groups excluding carboxylic acids is 1. The Labute approximate surface area is 193 Å². The lowest BCUT2D eigenvalue weighted by atomic mass is 10.2. The quantitative estimate of drug-likeness (QED) is 0.405. The number of aryl methyl sites for hydroxylation is 3. The summed E-state index contributed by atoms with van der Waals surface area (Å²) < 4.78 is 27.9. The van der Waals surface area contributed by atoms with Crippen molar-refractivity contribution in [3.8, 4) is 0 Å². The van der Waals surface area contributed by atoms with Gasteiger partial charge in [-0.1, -0.05) is 59.1 Å². The van der Waals surface area contributed by atoms with Crippen molar-refractivity contribution in [2.24, 2.45) is 5.10 Å². The molecule has 0 saturated carbocycles. The van der Waals surface area contributed by atoms with Gasteiger partial charge in [0.05, 0.1) is 16.8 Å². The van der Waals surface area contributed by atoms with Crippen LogP contribution < -0.4 is 9.73 Å². The molecule has 0 saturated heterocycles. The molecule has 3 rings (SSSR count). The van der Waals surface area contributed by atoms with Gasteiger partial charge in [-0.2, -0.15) is 5.10 Å². The van der Waals surface area contributed by atoms with E-state index in [0.717, 1.165) is 21.0 Å². The first kappa shape index (κ1) is 23.5. The Morgan fingerprint density at radius 2 is 1.72 bits per heavy atom. The van der Waals surface area contributed by atoms with Crippen molar-refractivity contribution >= 4 is 39.4 Å². The SMILES string of the molecule is Cc1ccc(S(=O)(=O)N(CC(=O)N/N=C/c2cccc(C)c2)c2ccc(Cl)cc2C)cc1. The molecule has 1 amide bonds. The van der Waals surface area contributed by atoms with Gasteiger partial charge in [-0.15, -0.1) is 0 Å². The first-order valence-corrected chi connectivity index (χ1v) is 11.7. The van der Waals surface area contributed by atoms with Gasteiger partial charge in [0, 0.05) is 5.02 Å². The molecule has 3 aromatic rings. The molecular weight excluding hydrogens is 446 g/mol. The summed E-state index contributed by atoms with van der Waals surface area (Å²) >= 11 is 6.05.